The van der Waals surface area contributed by atoms with Crippen LogP contribution in [0, 0.1) is 0 Å². The minimum absolute atomic E-state index is 0.306. The van der Waals surface area contributed by atoms with E-state index in [4.69, 9.17) is 13.0 Å². The normalized spacial score (nSPS) is 11.9. The Morgan fingerprint density at radius 3 is 3.29 bits per heavy atom. The van der Waals surface area contributed by atoms with E-state index in [0.717, 1.165) is 0 Å². The van der Waals surface area contributed by atoms with Gasteiger partial charge in [0.2, 0.25) is 5.24 Å². The van der Waals surface area contributed by atoms with Gasteiger partial charge in [0, 0.05) is 1.37 Å². The summed E-state index contributed by atoms with van der Waals surface area (Å²) in [6.45, 7) is 0.306. The maximum Gasteiger partial charge on any atom is 0.244 e. The molecule has 0 atom stereocenters. The second-order valence-electron chi connectivity index (χ2n) is 0.995. The van der Waals surface area contributed by atoms with Crippen LogP contribution in [0.15, 0.2) is 12.2 Å². The highest BCUT2D eigenvalue weighted by Crippen LogP contribution is 1.83. The molecular weight excluding hydrogens is 112 g/mol. The lowest BCUT2D eigenvalue weighted by atomic mass is 10.4. The van der Waals surface area contributed by atoms with E-state index in [1.807, 2.05) is 0 Å². The van der Waals surface area contributed by atoms with E-state index in [1.165, 1.54) is 6.08 Å². The van der Waals surface area contributed by atoms with Crippen LogP contribution in [-0.4, -0.2) is 5.24 Å². The minimum Gasteiger partial charge on any atom is -0.276 e. The Kier molecular flexibility index (Phi) is 2.68. The number of carbonyl (C=O) groups excluding carboxylic acids is 1. The Morgan fingerprint density at radius 1 is 2.14 bits per heavy atom. The highest BCUT2D eigenvalue weighted by Gasteiger charge is 1.79. The van der Waals surface area contributed by atoms with Crippen LogP contribution in [0.1, 0.15) is 14.7 Å². The van der Waals surface area contributed by atoms with Gasteiger partial charge in [-0.05, 0) is 24.1 Å². The first kappa shape index (κ1) is 4.85. The molecule has 0 aromatic heterocycles. The van der Waals surface area contributed by atoms with E-state index < -0.39 is 5.24 Å². The summed E-state index contributed by atoms with van der Waals surface area (Å²) in [5.41, 5.74) is 0. The Morgan fingerprint density at radius 2 is 2.86 bits per heavy atom. The van der Waals surface area contributed by atoms with E-state index >= 15 is 0 Å². The van der Waals surface area contributed by atoms with Crippen LogP contribution in [-0.2, 0) is 4.79 Å². The number of hydrogen-bond acceptors (Lipinski definition) is 1. The number of halogens is 1. The first-order chi connectivity index (χ1) is 3.77. The van der Waals surface area contributed by atoms with Crippen LogP contribution < -0.4 is 0 Å². The first-order valence-corrected chi connectivity index (χ1v) is 2.30. The maximum absolute atomic E-state index is 9.94. The summed E-state index contributed by atoms with van der Waals surface area (Å²) >= 11 is 4.93. The number of carbonyl (C=O) groups is 1. The van der Waals surface area contributed by atoms with Gasteiger partial charge in [0.25, 0.3) is 0 Å². The topological polar surface area (TPSA) is 17.1 Å². The average molecular weight is 121 g/mol. The molecule has 0 aliphatic rings. The molecule has 0 aliphatic heterocycles. The quantitative estimate of drug-likeness (QED) is 0.401. The van der Waals surface area contributed by atoms with Crippen molar-refractivity contribution in [3.05, 3.63) is 12.2 Å². The number of allylic oxidation sites excluding steroid dienone is 2. The van der Waals surface area contributed by atoms with E-state index in [0.29, 0.717) is 13.3 Å². The van der Waals surface area contributed by atoms with Crippen molar-refractivity contribution >= 4 is 16.8 Å². The molecule has 2 heteroatoms. The van der Waals surface area contributed by atoms with Crippen molar-refractivity contribution in [1.29, 1.82) is 0 Å². The largest absolute Gasteiger partial charge is 0.276 e. The van der Waals surface area contributed by atoms with Gasteiger partial charge in [0.15, 0.2) is 0 Å². The molecule has 0 rings (SSSR count). The Labute approximate surface area is 49.4 Å². The van der Waals surface area contributed by atoms with Gasteiger partial charge in [0.1, 0.15) is 0 Å². The van der Waals surface area contributed by atoms with Crippen LogP contribution >= 0.6 is 11.6 Å². The van der Waals surface area contributed by atoms with Crippen molar-refractivity contribution in [3.8, 4) is 0 Å². The Hall–Kier alpha value is -0.300. The molecule has 0 radical (unpaired) electrons. The molecule has 0 aliphatic carbocycles. The molecule has 0 bridgehead atoms. The van der Waals surface area contributed by atoms with Gasteiger partial charge in [0.05, 0.1) is 0 Å². The fraction of sp³-hybridized carbons (Fsp3) is 0.400. The molecule has 0 amide bonds. The second kappa shape index (κ2) is 3.88. The van der Waals surface area contributed by atoms with Gasteiger partial charge in [-0.3, -0.25) is 4.79 Å². The van der Waals surface area contributed by atoms with Gasteiger partial charge in [-0.1, -0.05) is 13.0 Å². The van der Waals surface area contributed by atoms with Crippen molar-refractivity contribution in [2.45, 2.75) is 13.3 Å². The highest BCUT2D eigenvalue weighted by molar-refractivity contribution is 6.66. The SMILES string of the molecule is [3H]CCC=CC(=O)Cl. The summed E-state index contributed by atoms with van der Waals surface area (Å²) in [5, 5.41) is -0.474. The molecule has 7 heavy (non-hydrogen) atoms. The third-order valence-electron chi connectivity index (χ3n) is 0.416. The summed E-state index contributed by atoms with van der Waals surface area (Å²) < 4.78 is 6.64. The minimum atomic E-state index is -0.474. The van der Waals surface area contributed by atoms with Gasteiger partial charge >= 0.3 is 0 Å². The zero-order chi connectivity index (χ0) is 6.41. The third kappa shape index (κ3) is 5.70. The van der Waals surface area contributed by atoms with E-state index in [9.17, 15) is 4.79 Å². The van der Waals surface area contributed by atoms with Gasteiger partial charge in [-0.25, -0.2) is 0 Å². The summed E-state index contributed by atoms with van der Waals surface area (Å²) in [6, 6.07) is 0. The van der Waals surface area contributed by atoms with Crippen molar-refractivity contribution in [2.24, 2.45) is 0 Å². The fourth-order valence-electron chi connectivity index (χ4n) is 0.176. The van der Waals surface area contributed by atoms with Crippen molar-refractivity contribution < 1.29 is 6.17 Å². The molecule has 0 aromatic rings. The first-order valence-electron chi connectivity index (χ1n) is 2.63. The molecule has 0 saturated heterocycles. The van der Waals surface area contributed by atoms with Crippen LogP contribution in [0.4, 0.5) is 0 Å². The summed E-state index contributed by atoms with van der Waals surface area (Å²) in [7, 11) is 0. The predicted octanol–water partition coefficient (Wildman–Crippen LogP) is 1.72. The summed E-state index contributed by atoms with van der Waals surface area (Å²) in [4.78, 5) is 9.94. The molecule has 0 aromatic carbocycles. The van der Waals surface area contributed by atoms with Crippen molar-refractivity contribution in [2.75, 3.05) is 0 Å². The molecule has 0 saturated carbocycles. The lowest BCUT2D eigenvalue weighted by Crippen LogP contribution is -1.72. The third-order valence-corrected chi connectivity index (χ3v) is 0.542. The fourth-order valence-corrected chi connectivity index (χ4v) is 0.265. The van der Waals surface area contributed by atoms with Crippen LogP contribution in [0.5, 0.6) is 0 Å². The van der Waals surface area contributed by atoms with Crippen molar-refractivity contribution in [1.82, 2.24) is 0 Å². The van der Waals surface area contributed by atoms with E-state index in [2.05, 4.69) is 0 Å². The molecule has 0 fully saturated rings. The highest BCUT2D eigenvalue weighted by atomic mass is 35.5. The number of hydrogen-bond donors (Lipinski definition) is 0. The monoisotopic (exact) mass is 120 g/mol. The van der Waals surface area contributed by atoms with Crippen LogP contribution in [0.2, 0.25) is 0 Å². The Bertz CT molecular complexity index is 101. The zero-order valence-electron chi connectivity index (χ0n) is 4.86. The lowest BCUT2D eigenvalue weighted by molar-refractivity contribution is -0.107. The molecule has 0 unspecified atom stereocenters. The molecule has 40 valence electrons. The molecule has 0 N–H and O–H groups in total. The zero-order valence-corrected chi connectivity index (χ0v) is 4.61. The molecule has 0 heterocycles. The lowest BCUT2D eigenvalue weighted by Gasteiger charge is -1.71. The standard InChI is InChI=1S/C5H7ClO/c1-2-3-4-5(6)7/h3-4H,2H2,1H3/i1T. The van der Waals surface area contributed by atoms with Crippen molar-refractivity contribution in [3.63, 3.8) is 0 Å². The maximum atomic E-state index is 9.94. The van der Waals surface area contributed by atoms with E-state index in [-0.39, 0.29) is 0 Å². The summed E-state index contributed by atoms with van der Waals surface area (Å²) in [6.07, 6.45) is 3.44. The Balaban J connectivity index is 3.20. The average Bonchev–Trinajstić information content (AvgIpc) is 1.66. The molecule has 0 spiro atoms. The predicted molar refractivity (Wildman–Crippen MR) is 30.3 cm³/mol. The van der Waals surface area contributed by atoms with Gasteiger partial charge < -0.3 is 0 Å². The van der Waals surface area contributed by atoms with Gasteiger partial charge in [-0.2, -0.15) is 0 Å². The number of rotatable bonds is 2. The molecular formula is C5H7ClO. The van der Waals surface area contributed by atoms with Gasteiger partial charge in [-0.15, -0.1) is 0 Å². The molecule has 1 nitrogen and oxygen atoms in total. The smallest absolute Gasteiger partial charge is 0.244 e. The van der Waals surface area contributed by atoms with Crippen LogP contribution in [0.3, 0.4) is 0 Å². The van der Waals surface area contributed by atoms with Crippen LogP contribution in [0.25, 0.3) is 0 Å². The summed E-state index contributed by atoms with van der Waals surface area (Å²) in [5.74, 6) is 0. The second-order valence-corrected chi connectivity index (χ2v) is 1.37. The van der Waals surface area contributed by atoms with E-state index in [1.54, 1.807) is 6.08 Å².